The molecule has 2 aliphatic rings. The molecule has 5 heteroatoms. The average Bonchev–Trinajstić information content (AvgIpc) is 3.17. The lowest BCUT2D eigenvalue weighted by Gasteiger charge is -2.14. The zero-order valence-electron chi connectivity index (χ0n) is 9.52. The average molecular weight is 233 g/mol. The summed E-state index contributed by atoms with van der Waals surface area (Å²) in [5.41, 5.74) is 0.501. The monoisotopic (exact) mass is 233 g/mol. The standard InChI is InChI=1S/C12H15N3O2/c16-10(17)9-3-6-13-11(15-9)14-7-12(4-5-12)8-1-2-8/h3,6,8H,1-2,4-5,7H2,(H,16,17)(H,13,14,15). The van der Waals surface area contributed by atoms with Crippen molar-refractivity contribution in [2.24, 2.45) is 11.3 Å². The van der Waals surface area contributed by atoms with Crippen molar-refractivity contribution in [3.63, 3.8) is 0 Å². The van der Waals surface area contributed by atoms with E-state index in [2.05, 4.69) is 15.3 Å². The number of carbonyl (C=O) groups is 1. The summed E-state index contributed by atoms with van der Waals surface area (Å²) in [4.78, 5) is 18.8. The maximum absolute atomic E-state index is 10.8. The maximum Gasteiger partial charge on any atom is 0.354 e. The molecule has 1 aromatic heterocycles. The third kappa shape index (κ3) is 2.09. The number of hydrogen-bond donors (Lipinski definition) is 2. The van der Waals surface area contributed by atoms with Crippen molar-refractivity contribution in [3.8, 4) is 0 Å². The molecule has 0 atom stereocenters. The third-order valence-electron chi connectivity index (χ3n) is 3.81. The Morgan fingerprint density at radius 3 is 2.88 bits per heavy atom. The van der Waals surface area contributed by atoms with Gasteiger partial charge in [-0.2, -0.15) is 0 Å². The first kappa shape index (κ1) is 10.5. The van der Waals surface area contributed by atoms with E-state index in [0.29, 0.717) is 11.4 Å². The van der Waals surface area contributed by atoms with Gasteiger partial charge in [0.25, 0.3) is 0 Å². The van der Waals surface area contributed by atoms with E-state index in [1.54, 1.807) is 0 Å². The minimum atomic E-state index is -1.02. The largest absolute Gasteiger partial charge is 0.477 e. The zero-order chi connectivity index (χ0) is 11.9. The number of hydrogen-bond acceptors (Lipinski definition) is 4. The van der Waals surface area contributed by atoms with Crippen LogP contribution in [0.4, 0.5) is 5.95 Å². The molecule has 0 bridgehead atoms. The van der Waals surface area contributed by atoms with Gasteiger partial charge in [0.1, 0.15) is 0 Å². The highest BCUT2D eigenvalue weighted by Crippen LogP contribution is 2.61. The highest BCUT2D eigenvalue weighted by Gasteiger charge is 2.53. The minimum absolute atomic E-state index is 0.0405. The Balaban J connectivity index is 1.64. The number of anilines is 1. The molecule has 0 spiro atoms. The number of nitrogens with zero attached hydrogens (tertiary/aromatic N) is 2. The van der Waals surface area contributed by atoms with Gasteiger partial charge in [0.05, 0.1) is 0 Å². The first-order valence-electron chi connectivity index (χ1n) is 6.00. The Bertz CT molecular complexity index is 453. The lowest BCUT2D eigenvalue weighted by molar-refractivity contribution is 0.0690. The number of carboxylic acid groups (broad SMARTS) is 1. The fraction of sp³-hybridized carbons (Fsp3) is 0.583. The van der Waals surface area contributed by atoms with E-state index in [9.17, 15) is 4.79 Å². The SMILES string of the molecule is O=C(O)c1ccnc(NCC2(C3CC3)CC2)n1. The lowest BCUT2D eigenvalue weighted by atomic mass is 10.0. The van der Waals surface area contributed by atoms with Crippen LogP contribution in [0, 0.1) is 11.3 Å². The summed E-state index contributed by atoms with van der Waals surface area (Å²) in [5, 5.41) is 12.0. The van der Waals surface area contributed by atoms with Crippen LogP contribution in [0.1, 0.15) is 36.2 Å². The van der Waals surface area contributed by atoms with Gasteiger partial charge < -0.3 is 10.4 Å². The third-order valence-corrected chi connectivity index (χ3v) is 3.81. The van der Waals surface area contributed by atoms with Crippen molar-refractivity contribution in [2.45, 2.75) is 25.7 Å². The predicted octanol–water partition coefficient (Wildman–Crippen LogP) is 1.78. The van der Waals surface area contributed by atoms with Gasteiger partial charge in [-0.15, -0.1) is 0 Å². The number of rotatable bonds is 5. The summed E-state index contributed by atoms with van der Waals surface area (Å²) < 4.78 is 0. The van der Waals surface area contributed by atoms with Crippen LogP contribution < -0.4 is 5.32 Å². The van der Waals surface area contributed by atoms with Crippen molar-refractivity contribution < 1.29 is 9.90 Å². The van der Waals surface area contributed by atoms with Crippen LogP contribution >= 0.6 is 0 Å². The van der Waals surface area contributed by atoms with E-state index >= 15 is 0 Å². The van der Waals surface area contributed by atoms with Crippen LogP contribution in [0.3, 0.4) is 0 Å². The Morgan fingerprint density at radius 1 is 1.53 bits per heavy atom. The molecule has 0 radical (unpaired) electrons. The Labute approximate surface area is 99.3 Å². The summed E-state index contributed by atoms with van der Waals surface area (Å²) in [6.45, 7) is 0.876. The molecule has 2 fully saturated rings. The molecule has 17 heavy (non-hydrogen) atoms. The van der Waals surface area contributed by atoms with Crippen molar-refractivity contribution in [1.82, 2.24) is 9.97 Å². The number of aromatic nitrogens is 2. The topological polar surface area (TPSA) is 75.1 Å². The van der Waals surface area contributed by atoms with Crippen LogP contribution in [0.5, 0.6) is 0 Å². The molecule has 0 saturated heterocycles. The highest BCUT2D eigenvalue weighted by atomic mass is 16.4. The van der Waals surface area contributed by atoms with Crippen LogP contribution in [0.2, 0.25) is 0 Å². The van der Waals surface area contributed by atoms with E-state index in [1.165, 1.54) is 37.9 Å². The molecule has 2 saturated carbocycles. The zero-order valence-corrected chi connectivity index (χ0v) is 9.52. The van der Waals surface area contributed by atoms with Gasteiger partial charge in [0.2, 0.25) is 5.95 Å². The summed E-state index contributed by atoms with van der Waals surface area (Å²) in [7, 11) is 0. The maximum atomic E-state index is 10.8. The van der Waals surface area contributed by atoms with Crippen LogP contribution in [-0.2, 0) is 0 Å². The van der Waals surface area contributed by atoms with Gasteiger partial charge in [-0.3, -0.25) is 0 Å². The molecular weight excluding hydrogens is 218 g/mol. The molecule has 0 amide bonds. The molecule has 5 nitrogen and oxygen atoms in total. The fourth-order valence-electron chi connectivity index (χ4n) is 2.40. The molecule has 1 heterocycles. The first-order valence-corrected chi connectivity index (χ1v) is 6.00. The second-order valence-electron chi connectivity index (χ2n) is 5.06. The summed E-state index contributed by atoms with van der Waals surface area (Å²) in [5.74, 6) is 0.285. The summed E-state index contributed by atoms with van der Waals surface area (Å²) in [6, 6.07) is 1.40. The highest BCUT2D eigenvalue weighted by molar-refractivity contribution is 5.85. The number of carboxylic acids is 1. The van der Waals surface area contributed by atoms with E-state index in [-0.39, 0.29) is 5.69 Å². The molecule has 0 aliphatic heterocycles. The molecule has 0 unspecified atom stereocenters. The number of aromatic carboxylic acids is 1. The molecule has 2 N–H and O–H groups in total. The molecule has 3 rings (SSSR count). The van der Waals surface area contributed by atoms with Gasteiger partial charge in [-0.05, 0) is 43.1 Å². The van der Waals surface area contributed by atoms with E-state index in [0.717, 1.165) is 12.5 Å². The summed E-state index contributed by atoms with van der Waals surface area (Å²) in [6.07, 6.45) is 6.73. The molecule has 0 aromatic carbocycles. The lowest BCUT2D eigenvalue weighted by Crippen LogP contribution is -2.19. The van der Waals surface area contributed by atoms with Crippen molar-refractivity contribution in [1.29, 1.82) is 0 Å². The van der Waals surface area contributed by atoms with Crippen LogP contribution in [-0.4, -0.2) is 27.6 Å². The second-order valence-corrected chi connectivity index (χ2v) is 5.06. The van der Waals surface area contributed by atoms with Crippen molar-refractivity contribution >= 4 is 11.9 Å². The van der Waals surface area contributed by atoms with Crippen molar-refractivity contribution in [3.05, 3.63) is 18.0 Å². The minimum Gasteiger partial charge on any atom is -0.477 e. The van der Waals surface area contributed by atoms with E-state index in [4.69, 9.17) is 5.11 Å². The Kier molecular flexibility index (Phi) is 2.28. The number of nitrogens with one attached hydrogen (secondary N) is 1. The Morgan fingerprint density at radius 2 is 2.29 bits per heavy atom. The van der Waals surface area contributed by atoms with E-state index < -0.39 is 5.97 Å². The van der Waals surface area contributed by atoms with Crippen LogP contribution in [0.15, 0.2) is 12.3 Å². The molecular formula is C12H15N3O2. The quantitative estimate of drug-likeness (QED) is 0.810. The Hall–Kier alpha value is -1.65. The molecule has 90 valence electrons. The van der Waals surface area contributed by atoms with Gasteiger partial charge in [0.15, 0.2) is 5.69 Å². The first-order chi connectivity index (χ1) is 8.20. The van der Waals surface area contributed by atoms with Crippen molar-refractivity contribution in [2.75, 3.05) is 11.9 Å². The van der Waals surface area contributed by atoms with Gasteiger partial charge >= 0.3 is 5.97 Å². The molecule has 2 aliphatic carbocycles. The molecule has 1 aromatic rings. The predicted molar refractivity (Wildman–Crippen MR) is 61.9 cm³/mol. The second kappa shape index (κ2) is 3.68. The van der Waals surface area contributed by atoms with Gasteiger partial charge in [-0.25, -0.2) is 14.8 Å². The fourth-order valence-corrected chi connectivity index (χ4v) is 2.40. The smallest absolute Gasteiger partial charge is 0.354 e. The van der Waals surface area contributed by atoms with Gasteiger partial charge in [-0.1, -0.05) is 0 Å². The van der Waals surface area contributed by atoms with Crippen LogP contribution in [0.25, 0.3) is 0 Å². The summed E-state index contributed by atoms with van der Waals surface area (Å²) >= 11 is 0. The van der Waals surface area contributed by atoms with Gasteiger partial charge in [0, 0.05) is 12.7 Å². The normalized spacial score (nSPS) is 20.9. The van der Waals surface area contributed by atoms with E-state index in [1.807, 2.05) is 0 Å².